The van der Waals surface area contributed by atoms with Gasteiger partial charge in [-0.2, -0.15) is 0 Å². The topological polar surface area (TPSA) is 79.3 Å². The molecule has 0 aromatic carbocycles. The summed E-state index contributed by atoms with van der Waals surface area (Å²) in [4.78, 5) is 28.0. The molecule has 6 heteroatoms. The predicted molar refractivity (Wildman–Crippen MR) is 74.0 cm³/mol. The molecule has 106 valence electrons. The molecule has 1 saturated carbocycles. The Bertz CT molecular complexity index is 555. The van der Waals surface area contributed by atoms with E-state index in [1.807, 2.05) is 24.5 Å². The lowest BCUT2D eigenvalue weighted by molar-refractivity contribution is -0.148. The third kappa shape index (κ3) is 2.14. The van der Waals surface area contributed by atoms with E-state index < -0.39 is 17.8 Å². The predicted octanol–water partition coefficient (Wildman–Crippen LogP) is 1.84. The van der Waals surface area contributed by atoms with Crippen LogP contribution in [0.1, 0.15) is 24.4 Å². The molecule has 1 amide bonds. The maximum Gasteiger partial charge on any atom is 0.307 e. The van der Waals surface area contributed by atoms with Gasteiger partial charge in [0, 0.05) is 11.6 Å². The maximum absolute atomic E-state index is 12.4. The second kappa shape index (κ2) is 5.01. The summed E-state index contributed by atoms with van der Waals surface area (Å²) in [6.45, 7) is 1.87. The lowest BCUT2D eigenvalue weighted by Gasteiger charge is -2.25. The molecule has 20 heavy (non-hydrogen) atoms. The number of aromatic nitrogens is 1. The van der Waals surface area contributed by atoms with Gasteiger partial charge in [0.15, 0.2) is 0 Å². The molecule has 3 unspecified atom stereocenters. The summed E-state index contributed by atoms with van der Waals surface area (Å²) in [5.41, 5.74) is 0. The highest BCUT2D eigenvalue weighted by Crippen LogP contribution is 2.48. The van der Waals surface area contributed by atoms with Gasteiger partial charge in [-0.15, -0.1) is 11.3 Å². The van der Waals surface area contributed by atoms with Gasteiger partial charge in [0.2, 0.25) is 5.91 Å². The third-order valence-electron chi connectivity index (χ3n) is 4.23. The van der Waals surface area contributed by atoms with Gasteiger partial charge in [-0.05, 0) is 25.2 Å². The van der Waals surface area contributed by atoms with Gasteiger partial charge in [0.05, 0.1) is 17.9 Å². The summed E-state index contributed by atoms with van der Waals surface area (Å²) in [5, 5.41) is 15.0. The summed E-state index contributed by atoms with van der Waals surface area (Å²) >= 11 is 1.48. The summed E-state index contributed by atoms with van der Waals surface area (Å²) < 4.78 is 0. The Kier molecular flexibility index (Phi) is 3.33. The average molecular weight is 292 g/mol. The van der Waals surface area contributed by atoms with Gasteiger partial charge in [-0.3, -0.25) is 9.59 Å². The Morgan fingerprint density at radius 1 is 1.40 bits per heavy atom. The minimum Gasteiger partial charge on any atom is -0.481 e. The van der Waals surface area contributed by atoms with Crippen molar-refractivity contribution < 1.29 is 14.7 Å². The van der Waals surface area contributed by atoms with Crippen LogP contribution in [-0.2, 0) is 9.59 Å². The molecule has 1 fully saturated rings. The third-order valence-corrected chi connectivity index (χ3v) is 5.19. The monoisotopic (exact) mass is 292 g/mol. The zero-order valence-corrected chi connectivity index (χ0v) is 11.8. The molecule has 0 radical (unpaired) electrons. The highest BCUT2D eigenvalue weighted by Gasteiger charge is 2.51. The number of carbonyl (C=O) groups is 2. The number of fused-ring (bicyclic) bond motifs is 2. The zero-order valence-electron chi connectivity index (χ0n) is 11.0. The fourth-order valence-corrected chi connectivity index (χ4v) is 3.98. The van der Waals surface area contributed by atoms with Crippen molar-refractivity contribution in [3.63, 3.8) is 0 Å². The van der Waals surface area contributed by atoms with E-state index >= 15 is 0 Å². The van der Waals surface area contributed by atoms with E-state index in [1.165, 1.54) is 11.3 Å². The number of thiazole rings is 1. The largest absolute Gasteiger partial charge is 0.481 e. The van der Waals surface area contributed by atoms with E-state index in [4.69, 9.17) is 0 Å². The molecule has 1 aromatic rings. The molecule has 1 heterocycles. The van der Waals surface area contributed by atoms with Gasteiger partial charge in [0.25, 0.3) is 0 Å². The van der Waals surface area contributed by atoms with Crippen molar-refractivity contribution in [1.82, 2.24) is 10.3 Å². The van der Waals surface area contributed by atoms with Crippen LogP contribution in [0.4, 0.5) is 0 Å². The normalized spacial score (nSPS) is 32.2. The van der Waals surface area contributed by atoms with Crippen molar-refractivity contribution in [2.24, 2.45) is 23.7 Å². The van der Waals surface area contributed by atoms with Crippen molar-refractivity contribution in [2.45, 2.75) is 19.4 Å². The smallest absolute Gasteiger partial charge is 0.307 e. The molecule has 2 N–H and O–H groups in total. The molecular weight excluding hydrogens is 276 g/mol. The Hall–Kier alpha value is -1.69. The molecule has 0 spiro atoms. The number of carboxylic acid groups (broad SMARTS) is 1. The lowest BCUT2D eigenvalue weighted by Crippen LogP contribution is -2.41. The van der Waals surface area contributed by atoms with Gasteiger partial charge >= 0.3 is 5.97 Å². The van der Waals surface area contributed by atoms with E-state index in [0.29, 0.717) is 0 Å². The van der Waals surface area contributed by atoms with Crippen LogP contribution in [-0.4, -0.2) is 22.0 Å². The number of carboxylic acids is 1. The average Bonchev–Trinajstić information content (AvgIpc) is 3.13. The number of nitrogens with zero attached hydrogens (tertiary/aromatic N) is 1. The van der Waals surface area contributed by atoms with Crippen LogP contribution in [0.3, 0.4) is 0 Å². The molecule has 2 aliphatic carbocycles. The summed E-state index contributed by atoms with van der Waals surface area (Å²) in [7, 11) is 0. The van der Waals surface area contributed by atoms with Crippen LogP contribution in [0, 0.1) is 23.7 Å². The van der Waals surface area contributed by atoms with Gasteiger partial charge < -0.3 is 10.4 Å². The van der Waals surface area contributed by atoms with Crippen LogP contribution in [0.5, 0.6) is 0 Å². The van der Waals surface area contributed by atoms with Crippen LogP contribution >= 0.6 is 11.3 Å². The molecular formula is C14H16N2O3S. The Balaban J connectivity index is 1.73. The first kappa shape index (κ1) is 13.3. The number of rotatable bonds is 4. The number of hydrogen-bond acceptors (Lipinski definition) is 4. The number of aliphatic carboxylic acids is 1. The van der Waals surface area contributed by atoms with E-state index in [1.54, 1.807) is 6.20 Å². The minimum atomic E-state index is -0.871. The first-order chi connectivity index (χ1) is 9.58. The summed E-state index contributed by atoms with van der Waals surface area (Å²) in [6.07, 6.45) is 6.41. The first-order valence-electron chi connectivity index (χ1n) is 6.69. The molecule has 2 aliphatic rings. The zero-order chi connectivity index (χ0) is 14.3. The van der Waals surface area contributed by atoms with Crippen molar-refractivity contribution in [3.05, 3.63) is 28.7 Å². The summed E-state index contributed by atoms with van der Waals surface area (Å²) in [6, 6.07) is -0.181. The molecule has 2 bridgehead atoms. The van der Waals surface area contributed by atoms with Crippen molar-refractivity contribution >= 4 is 23.2 Å². The van der Waals surface area contributed by atoms with Gasteiger partial charge in [0.1, 0.15) is 5.01 Å². The Morgan fingerprint density at radius 2 is 2.10 bits per heavy atom. The van der Waals surface area contributed by atoms with Crippen molar-refractivity contribution in [2.75, 3.05) is 0 Å². The molecule has 0 aliphatic heterocycles. The molecule has 5 atom stereocenters. The molecule has 1 aromatic heterocycles. The minimum absolute atomic E-state index is 0.00317. The molecule has 5 nitrogen and oxygen atoms in total. The molecule has 0 saturated heterocycles. The lowest BCUT2D eigenvalue weighted by atomic mass is 9.82. The van der Waals surface area contributed by atoms with Gasteiger partial charge in [-0.1, -0.05) is 12.2 Å². The van der Waals surface area contributed by atoms with E-state index in [-0.39, 0.29) is 23.8 Å². The standard InChI is InChI=1S/C14H16N2O3S/c1-7(13-15-4-5-20-13)16-12(17)10-8-2-3-9(6-8)11(10)14(18)19/h2-5,7-11H,6H2,1H3,(H,16,17)(H,18,19)/t7?,8?,9?,10-,11+/m0/s1. The van der Waals surface area contributed by atoms with E-state index in [0.717, 1.165) is 11.4 Å². The quantitative estimate of drug-likeness (QED) is 0.830. The second-order valence-electron chi connectivity index (χ2n) is 5.44. The number of nitrogens with one attached hydrogen (secondary N) is 1. The SMILES string of the molecule is CC(NC(=O)[C@H]1C2C=CC(C2)[C@H]1C(=O)O)c1nccs1. The second-order valence-corrected chi connectivity index (χ2v) is 6.36. The van der Waals surface area contributed by atoms with Crippen LogP contribution < -0.4 is 5.32 Å². The highest BCUT2D eigenvalue weighted by molar-refractivity contribution is 7.09. The van der Waals surface area contributed by atoms with Crippen LogP contribution in [0.15, 0.2) is 23.7 Å². The fourth-order valence-electron chi connectivity index (χ4n) is 3.34. The van der Waals surface area contributed by atoms with Crippen LogP contribution in [0.25, 0.3) is 0 Å². The Labute approximate surface area is 120 Å². The number of hydrogen-bond donors (Lipinski definition) is 2. The van der Waals surface area contributed by atoms with E-state index in [9.17, 15) is 14.7 Å². The maximum atomic E-state index is 12.4. The number of allylic oxidation sites excluding steroid dienone is 2. The van der Waals surface area contributed by atoms with Crippen molar-refractivity contribution in [3.8, 4) is 0 Å². The van der Waals surface area contributed by atoms with E-state index in [2.05, 4.69) is 10.3 Å². The fraction of sp³-hybridized carbons (Fsp3) is 0.500. The Morgan fingerprint density at radius 3 is 2.70 bits per heavy atom. The van der Waals surface area contributed by atoms with Crippen LogP contribution in [0.2, 0.25) is 0 Å². The molecule has 3 rings (SSSR count). The number of amides is 1. The number of carbonyl (C=O) groups excluding carboxylic acids is 1. The summed E-state index contributed by atoms with van der Waals surface area (Å²) in [5.74, 6) is -2.02. The highest BCUT2D eigenvalue weighted by atomic mass is 32.1. The first-order valence-corrected chi connectivity index (χ1v) is 7.57. The van der Waals surface area contributed by atoms with Crippen molar-refractivity contribution in [1.29, 1.82) is 0 Å². The van der Waals surface area contributed by atoms with Gasteiger partial charge in [-0.25, -0.2) is 4.98 Å².